The van der Waals surface area contributed by atoms with Gasteiger partial charge in [-0.05, 0) is 25.7 Å². The second kappa shape index (κ2) is 23.7. The highest BCUT2D eigenvalue weighted by Gasteiger charge is 1.99. The zero-order chi connectivity index (χ0) is 19.8. The van der Waals surface area contributed by atoms with Crippen molar-refractivity contribution in [2.24, 2.45) is 0 Å². The fraction of sp³-hybridized carbons (Fsp3) is 0.840. The first-order chi connectivity index (χ1) is 13.3. The van der Waals surface area contributed by atoms with E-state index in [0.717, 1.165) is 0 Å². The van der Waals surface area contributed by atoms with Crippen LogP contribution in [0.3, 0.4) is 0 Å². The average Bonchev–Trinajstić information content (AvgIpc) is 2.69. The van der Waals surface area contributed by atoms with E-state index in [4.69, 9.17) is 4.43 Å². The first kappa shape index (κ1) is 26.7. The van der Waals surface area contributed by atoms with Crippen LogP contribution in [0.5, 0.6) is 0 Å². The fourth-order valence-electron chi connectivity index (χ4n) is 3.47. The van der Waals surface area contributed by atoms with Gasteiger partial charge in [0.1, 0.15) is 0 Å². The van der Waals surface area contributed by atoms with Gasteiger partial charge >= 0.3 is 0 Å². The molecule has 0 atom stereocenters. The average molecular weight is 395 g/mol. The van der Waals surface area contributed by atoms with Crippen molar-refractivity contribution in [2.75, 3.05) is 7.11 Å². The summed E-state index contributed by atoms with van der Waals surface area (Å²) in [7, 11) is 0.643. The summed E-state index contributed by atoms with van der Waals surface area (Å²) in [6, 6.07) is 0. The van der Waals surface area contributed by atoms with Crippen molar-refractivity contribution in [1.29, 1.82) is 0 Å². The van der Waals surface area contributed by atoms with Crippen LogP contribution in [-0.2, 0) is 4.43 Å². The summed E-state index contributed by atoms with van der Waals surface area (Å²) in [5, 5.41) is 0. The Bertz CT molecular complexity index is 294. The Hall–Kier alpha value is -0.343. The van der Waals surface area contributed by atoms with Crippen LogP contribution in [0.4, 0.5) is 0 Å². The van der Waals surface area contributed by atoms with E-state index >= 15 is 0 Å². The molecule has 0 saturated heterocycles. The van der Waals surface area contributed by atoms with Gasteiger partial charge < -0.3 is 4.43 Å². The Morgan fingerprint density at radius 2 is 0.852 bits per heavy atom. The normalized spacial score (nSPS) is 13.1. The summed E-state index contributed by atoms with van der Waals surface area (Å²) < 4.78 is 5.68. The first-order valence-electron chi connectivity index (χ1n) is 12.2. The molecular weight excluding hydrogens is 344 g/mol. The molecule has 0 radical (unpaired) electrons. The standard InChI is InChI=1S/C25H50OSi/c1-4-6-8-10-12-14-16-18-20-22-24-27(26-3)25-23-21-19-17-15-13-11-9-7-5-2/h22-25,27H,4-21H2,1-3H3. The zero-order valence-electron chi connectivity index (χ0n) is 19.0. The van der Waals surface area contributed by atoms with Crippen LogP contribution >= 0.6 is 0 Å². The quantitative estimate of drug-likeness (QED) is 0.140. The number of allylic oxidation sites excluding steroid dienone is 2. The zero-order valence-corrected chi connectivity index (χ0v) is 20.2. The van der Waals surface area contributed by atoms with Gasteiger partial charge in [-0.25, -0.2) is 0 Å². The van der Waals surface area contributed by atoms with E-state index in [2.05, 4.69) is 37.4 Å². The van der Waals surface area contributed by atoms with E-state index in [1.54, 1.807) is 0 Å². The SMILES string of the molecule is CCCCCCCCCCC=C[SiH](C=CCCCCCCCCCC)OC. The van der Waals surface area contributed by atoms with Crippen molar-refractivity contribution in [2.45, 2.75) is 129 Å². The van der Waals surface area contributed by atoms with E-state index < -0.39 is 9.04 Å². The third-order valence-electron chi connectivity index (χ3n) is 5.37. The molecule has 0 aliphatic heterocycles. The summed E-state index contributed by atoms with van der Waals surface area (Å²) in [5.74, 6) is 0. The molecule has 0 unspecified atom stereocenters. The maximum absolute atomic E-state index is 5.68. The van der Waals surface area contributed by atoms with Crippen LogP contribution in [0.2, 0.25) is 0 Å². The smallest absolute Gasteiger partial charge is 0.224 e. The van der Waals surface area contributed by atoms with Gasteiger partial charge in [0.25, 0.3) is 0 Å². The van der Waals surface area contributed by atoms with Crippen LogP contribution in [-0.4, -0.2) is 16.2 Å². The maximum Gasteiger partial charge on any atom is 0.224 e. The van der Waals surface area contributed by atoms with Gasteiger partial charge in [0.2, 0.25) is 9.04 Å². The summed E-state index contributed by atoms with van der Waals surface area (Å²) in [6.07, 6.45) is 29.6. The molecule has 0 spiro atoms. The van der Waals surface area contributed by atoms with Crippen LogP contribution in [0.1, 0.15) is 129 Å². The lowest BCUT2D eigenvalue weighted by Crippen LogP contribution is -2.09. The molecule has 1 nitrogen and oxygen atoms in total. The van der Waals surface area contributed by atoms with Crippen LogP contribution in [0, 0.1) is 0 Å². The molecule has 0 bridgehead atoms. The van der Waals surface area contributed by atoms with Gasteiger partial charge in [-0.1, -0.05) is 127 Å². The molecule has 0 aromatic rings. The third-order valence-corrected chi connectivity index (χ3v) is 7.22. The summed E-state index contributed by atoms with van der Waals surface area (Å²) in [6.45, 7) is 4.57. The van der Waals surface area contributed by atoms with Gasteiger partial charge in [-0.15, -0.1) is 0 Å². The van der Waals surface area contributed by atoms with Crippen molar-refractivity contribution in [3.8, 4) is 0 Å². The van der Waals surface area contributed by atoms with E-state index in [1.807, 2.05) is 7.11 Å². The predicted octanol–water partition coefficient (Wildman–Crippen LogP) is 8.61. The topological polar surface area (TPSA) is 9.23 Å². The molecule has 0 aromatic carbocycles. The van der Waals surface area contributed by atoms with Gasteiger partial charge in [-0.2, -0.15) is 0 Å². The summed E-state index contributed by atoms with van der Waals surface area (Å²) in [4.78, 5) is 0. The number of hydrogen-bond donors (Lipinski definition) is 0. The molecule has 0 aliphatic rings. The lowest BCUT2D eigenvalue weighted by Gasteiger charge is -2.03. The molecule has 27 heavy (non-hydrogen) atoms. The van der Waals surface area contributed by atoms with E-state index in [-0.39, 0.29) is 0 Å². The highest BCUT2D eigenvalue weighted by atomic mass is 28.3. The summed E-state index contributed by atoms with van der Waals surface area (Å²) >= 11 is 0. The maximum atomic E-state index is 5.68. The van der Waals surface area contributed by atoms with Crippen molar-refractivity contribution >= 4 is 9.04 Å². The molecule has 0 fully saturated rings. The van der Waals surface area contributed by atoms with Gasteiger partial charge in [-0.3, -0.25) is 0 Å². The minimum absolute atomic E-state index is 1.23. The van der Waals surface area contributed by atoms with Gasteiger partial charge in [0, 0.05) is 7.11 Å². The van der Waals surface area contributed by atoms with Crippen molar-refractivity contribution < 1.29 is 4.43 Å². The summed E-state index contributed by atoms with van der Waals surface area (Å²) in [5.41, 5.74) is 4.73. The molecule has 0 amide bonds. The first-order valence-corrected chi connectivity index (χ1v) is 14.0. The molecule has 0 saturated carbocycles. The molecule has 160 valence electrons. The monoisotopic (exact) mass is 394 g/mol. The van der Waals surface area contributed by atoms with Gasteiger partial charge in [0.15, 0.2) is 0 Å². The number of hydrogen-bond acceptors (Lipinski definition) is 1. The Morgan fingerprint density at radius 1 is 0.519 bits per heavy atom. The van der Waals surface area contributed by atoms with Crippen molar-refractivity contribution in [3.63, 3.8) is 0 Å². The van der Waals surface area contributed by atoms with Crippen molar-refractivity contribution in [3.05, 3.63) is 23.6 Å². The lowest BCUT2D eigenvalue weighted by molar-refractivity contribution is 0.437. The highest BCUT2D eigenvalue weighted by Crippen LogP contribution is 2.11. The predicted molar refractivity (Wildman–Crippen MR) is 127 cm³/mol. The highest BCUT2D eigenvalue weighted by molar-refractivity contribution is 6.63. The molecule has 0 heterocycles. The minimum atomic E-state index is -1.23. The molecular formula is C25H50OSi. The fourth-order valence-corrected chi connectivity index (χ4v) is 4.84. The molecule has 0 N–H and O–H groups in total. The number of unbranched alkanes of at least 4 members (excludes halogenated alkanes) is 16. The third kappa shape index (κ3) is 21.8. The lowest BCUT2D eigenvalue weighted by atomic mass is 10.1. The Morgan fingerprint density at radius 3 is 1.19 bits per heavy atom. The Kier molecular flexibility index (Phi) is 23.4. The van der Waals surface area contributed by atoms with E-state index in [1.165, 1.54) is 116 Å². The molecule has 2 heteroatoms. The Labute approximate surface area is 173 Å². The number of rotatable bonds is 21. The van der Waals surface area contributed by atoms with Crippen molar-refractivity contribution in [1.82, 2.24) is 0 Å². The van der Waals surface area contributed by atoms with Crippen LogP contribution in [0.15, 0.2) is 23.6 Å². The van der Waals surface area contributed by atoms with E-state index in [0.29, 0.717) is 0 Å². The molecule has 0 aliphatic carbocycles. The van der Waals surface area contributed by atoms with Crippen LogP contribution in [0.25, 0.3) is 0 Å². The molecule has 0 aromatic heterocycles. The molecule has 0 rings (SSSR count). The Balaban J connectivity index is 3.50. The minimum Gasteiger partial charge on any atom is -0.415 e. The second-order valence-electron chi connectivity index (χ2n) is 8.08. The second-order valence-corrected chi connectivity index (χ2v) is 10.3. The van der Waals surface area contributed by atoms with Crippen LogP contribution < -0.4 is 0 Å². The van der Waals surface area contributed by atoms with E-state index in [9.17, 15) is 0 Å². The van der Waals surface area contributed by atoms with Gasteiger partial charge in [0.05, 0.1) is 0 Å². The largest absolute Gasteiger partial charge is 0.415 e.